The van der Waals surface area contributed by atoms with Crippen molar-refractivity contribution in [2.75, 3.05) is 7.11 Å². The standard InChI is InChI=1S/C18H21BrN2O3/c1-18(2,3)24-21-17(14-10-13(19)7-8-15(14)22)16-12(11-23-4)6-5-9-20-16/h5-10,22H,11H2,1-4H3. The molecular formula is C18H21BrN2O3. The molecule has 0 unspecified atom stereocenters. The molecule has 6 heteroatoms. The van der Waals surface area contributed by atoms with E-state index in [1.807, 2.05) is 32.9 Å². The van der Waals surface area contributed by atoms with Crippen LogP contribution in [0.4, 0.5) is 0 Å². The number of aromatic hydroxyl groups is 1. The van der Waals surface area contributed by atoms with E-state index in [9.17, 15) is 5.11 Å². The Morgan fingerprint density at radius 1 is 1.29 bits per heavy atom. The van der Waals surface area contributed by atoms with Gasteiger partial charge in [-0.25, -0.2) is 0 Å². The molecule has 0 aliphatic heterocycles. The molecule has 1 aromatic carbocycles. The molecule has 0 radical (unpaired) electrons. The van der Waals surface area contributed by atoms with Crippen LogP contribution in [0.2, 0.25) is 0 Å². The zero-order valence-electron chi connectivity index (χ0n) is 14.2. The molecule has 0 atom stereocenters. The van der Waals surface area contributed by atoms with E-state index in [1.54, 1.807) is 31.5 Å². The molecule has 2 rings (SSSR count). The zero-order chi connectivity index (χ0) is 17.7. The fraction of sp³-hybridized carbons (Fsp3) is 0.333. The van der Waals surface area contributed by atoms with Gasteiger partial charge in [0.15, 0.2) is 0 Å². The minimum Gasteiger partial charge on any atom is -0.507 e. The molecule has 0 aliphatic carbocycles. The third kappa shape index (κ3) is 4.79. The van der Waals surface area contributed by atoms with Crippen molar-refractivity contribution in [2.45, 2.75) is 33.0 Å². The van der Waals surface area contributed by atoms with Crippen molar-refractivity contribution in [3.63, 3.8) is 0 Å². The largest absolute Gasteiger partial charge is 0.507 e. The summed E-state index contributed by atoms with van der Waals surface area (Å²) in [6.45, 7) is 6.10. The van der Waals surface area contributed by atoms with Gasteiger partial charge in [-0.3, -0.25) is 4.98 Å². The van der Waals surface area contributed by atoms with Crippen molar-refractivity contribution in [1.82, 2.24) is 4.98 Å². The maximum absolute atomic E-state index is 10.3. The smallest absolute Gasteiger partial charge is 0.139 e. The Kier molecular flexibility index (Phi) is 5.96. The minimum atomic E-state index is -0.469. The van der Waals surface area contributed by atoms with Crippen LogP contribution in [0, 0.1) is 0 Å². The summed E-state index contributed by atoms with van der Waals surface area (Å²) in [5.74, 6) is 0.100. The predicted molar refractivity (Wildman–Crippen MR) is 97.2 cm³/mol. The van der Waals surface area contributed by atoms with Crippen LogP contribution in [0.5, 0.6) is 5.75 Å². The molecule has 0 bridgehead atoms. The van der Waals surface area contributed by atoms with Gasteiger partial charge in [0, 0.05) is 28.9 Å². The Hall–Kier alpha value is -1.92. The van der Waals surface area contributed by atoms with E-state index >= 15 is 0 Å². The average molecular weight is 393 g/mol. The second-order valence-corrected chi connectivity index (χ2v) is 7.16. The van der Waals surface area contributed by atoms with Gasteiger partial charge < -0.3 is 14.7 Å². The quantitative estimate of drug-likeness (QED) is 0.609. The summed E-state index contributed by atoms with van der Waals surface area (Å²) >= 11 is 3.43. The Balaban J connectivity index is 2.62. The van der Waals surface area contributed by atoms with Crippen molar-refractivity contribution < 1.29 is 14.7 Å². The lowest BCUT2D eigenvalue weighted by atomic mass is 10.0. The first-order valence-electron chi connectivity index (χ1n) is 7.50. The number of phenols is 1. The van der Waals surface area contributed by atoms with Crippen LogP contribution >= 0.6 is 15.9 Å². The molecular weight excluding hydrogens is 372 g/mol. The molecule has 1 heterocycles. The molecule has 0 fully saturated rings. The van der Waals surface area contributed by atoms with Gasteiger partial charge in [0.2, 0.25) is 0 Å². The highest BCUT2D eigenvalue weighted by Gasteiger charge is 2.20. The number of rotatable bonds is 5. The molecule has 1 aromatic heterocycles. The number of pyridine rings is 1. The number of hydrogen-bond donors (Lipinski definition) is 1. The third-order valence-electron chi connectivity index (χ3n) is 3.04. The van der Waals surface area contributed by atoms with Crippen LogP contribution in [0.1, 0.15) is 37.6 Å². The van der Waals surface area contributed by atoms with Crippen molar-refractivity contribution >= 4 is 21.6 Å². The fourth-order valence-corrected chi connectivity index (χ4v) is 2.39. The summed E-state index contributed by atoms with van der Waals surface area (Å²) in [6, 6.07) is 8.89. The summed E-state index contributed by atoms with van der Waals surface area (Å²) in [7, 11) is 1.62. The molecule has 0 aliphatic rings. The van der Waals surface area contributed by atoms with Gasteiger partial charge in [-0.05, 0) is 45.0 Å². The van der Waals surface area contributed by atoms with Crippen LogP contribution in [0.3, 0.4) is 0 Å². The maximum atomic E-state index is 10.3. The lowest BCUT2D eigenvalue weighted by Crippen LogP contribution is -2.19. The van der Waals surface area contributed by atoms with Gasteiger partial charge in [-0.15, -0.1) is 0 Å². The normalized spacial score (nSPS) is 12.3. The number of methoxy groups -OCH3 is 1. The van der Waals surface area contributed by atoms with E-state index in [0.717, 1.165) is 10.0 Å². The Bertz CT molecular complexity index is 739. The molecule has 1 N–H and O–H groups in total. The van der Waals surface area contributed by atoms with E-state index in [-0.39, 0.29) is 5.75 Å². The van der Waals surface area contributed by atoms with E-state index < -0.39 is 5.60 Å². The SMILES string of the molecule is COCc1cccnc1C(=NOC(C)(C)C)c1cc(Br)ccc1O. The summed E-state index contributed by atoms with van der Waals surface area (Å²) in [6.07, 6.45) is 1.68. The lowest BCUT2D eigenvalue weighted by Gasteiger charge is -2.18. The lowest BCUT2D eigenvalue weighted by molar-refractivity contribution is 0.00109. The third-order valence-corrected chi connectivity index (χ3v) is 3.53. The van der Waals surface area contributed by atoms with E-state index in [4.69, 9.17) is 9.57 Å². The van der Waals surface area contributed by atoms with Crippen LogP contribution in [-0.2, 0) is 16.2 Å². The van der Waals surface area contributed by atoms with Crippen LogP contribution in [-0.4, -0.2) is 28.5 Å². The first-order valence-corrected chi connectivity index (χ1v) is 8.29. The summed E-state index contributed by atoms with van der Waals surface area (Å²) in [4.78, 5) is 10.0. The van der Waals surface area contributed by atoms with Crippen molar-refractivity contribution in [3.05, 3.63) is 57.8 Å². The highest BCUT2D eigenvalue weighted by Crippen LogP contribution is 2.26. The highest BCUT2D eigenvalue weighted by atomic mass is 79.9. The van der Waals surface area contributed by atoms with Crippen LogP contribution in [0.25, 0.3) is 0 Å². The van der Waals surface area contributed by atoms with E-state index in [0.29, 0.717) is 23.6 Å². The van der Waals surface area contributed by atoms with Crippen molar-refractivity contribution in [3.8, 4) is 5.75 Å². The predicted octanol–water partition coefficient (Wildman–Crippen LogP) is 4.26. The topological polar surface area (TPSA) is 63.9 Å². The van der Waals surface area contributed by atoms with Crippen molar-refractivity contribution in [1.29, 1.82) is 0 Å². The number of aromatic nitrogens is 1. The van der Waals surface area contributed by atoms with Crippen LogP contribution in [0.15, 0.2) is 46.2 Å². The Labute approximate surface area is 150 Å². The van der Waals surface area contributed by atoms with E-state index in [2.05, 4.69) is 26.1 Å². The van der Waals surface area contributed by atoms with Gasteiger partial charge in [0.25, 0.3) is 0 Å². The molecule has 128 valence electrons. The molecule has 5 nitrogen and oxygen atoms in total. The molecule has 0 saturated heterocycles. The fourth-order valence-electron chi connectivity index (χ4n) is 2.02. The molecule has 0 spiro atoms. The number of benzene rings is 1. The van der Waals surface area contributed by atoms with Gasteiger partial charge >= 0.3 is 0 Å². The second kappa shape index (κ2) is 7.77. The summed E-state index contributed by atoms with van der Waals surface area (Å²) in [5, 5.41) is 14.6. The maximum Gasteiger partial charge on any atom is 0.139 e. The monoisotopic (exact) mass is 392 g/mol. The minimum absolute atomic E-state index is 0.100. The summed E-state index contributed by atoms with van der Waals surface area (Å²) < 4.78 is 6.07. The first-order chi connectivity index (χ1) is 11.3. The number of ether oxygens (including phenoxy) is 1. The first kappa shape index (κ1) is 18.4. The number of hydrogen-bond acceptors (Lipinski definition) is 5. The zero-order valence-corrected chi connectivity index (χ0v) is 15.8. The molecule has 0 saturated carbocycles. The van der Waals surface area contributed by atoms with Gasteiger partial charge in [-0.2, -0.15) is 0 Å². The average Bonchev–Trinajstić information content (AvgIpc) is 2.51. The number of oxime groups is 1. The van der Waals surface area contributed by atoms with Gasteiger partial charge in [-0.1, -0.05) is 27.2 Å². The number of nitrogens with zero attached hydrogens (tertiary/aromatic N) is 2. The Morgan fingerprint density at radius 3 is 2.71 bits per heavy atom. The van der Waals surface area contributed by atoms with Crippen molar-refractivity contribution in [2.24, 2.45) is 5.16 Å². The molecule has 0 amide bonds. The highest BCUT2D eigenvalue weighted by molar-refractivity contribution is 9.10. The molecule has 2 aromatic rings. The molecule has 24 heavy (non-hydrogen) atoms. The van der Waals surface area contributed by atoms with Crippen LogP contribution < -0.4 is 0 Å². The summed E-state index contributed by atoms with van der Waals surface area (Å²) in [5.41, 5.74) is 1.98. The van der Waals surface area contributed by atoms with Gasteiger partial charge in [0.05, 0.1) is 12.3 Å². The van der Waals surface area contributed by atoms with Gasteiger partial charge in [0.1, 0.15) is 17.1 Å². The number of halogens is 1. The Morgan fingerprint density at radius 2 is 2.04 bits per heavy atom. The number of phenolic OH excluding ortho intramolecular Hbond substituents is 1. The van der Waals surface area contributed by atoms with E-state index in [1.165, 1.54) is 0 Å². The second-order valence-electron chi connectivity index (χ2n) is 6.25.